The standard InChI is InChI=1S/C18H20N2O3/c1-12-10-14(4-7-18(19)21)13(2)20(12)15-5-6-16-17(11-15)23-9-3-8-22-16/h4-7,10-11H,3,8-9H2,1-2H3,(H2,19,21)/b7-4+. The smallest absolute Gasteiger partial charge is 0.241 e. The number of nitrogens with two attached hydrogens (primary N) is 1. The number of benzene rings is 1. The fourth-order valence-corrected chi connectivity index (χ4v) is 2.82. The summed E-state index contributed by atoms with van der Waals surface area (Å²) in [6.07, 6.45) is 4.00. The topological polar surface area (TPSA) is 66.5 Å². The summed E-state index contributed by atoms with van der Waals surface area (Å²) in [5, 5.41) is 0. The van der Waals surface area contributed by atoms with E-state index in [1.54, 1.807) is 6.08 Å². The van der Waals surface area contributed by atoms with Crippen LogP contribution in [-0.4, -0.2) is 23.7 Å². The average Bonchev–Trinajstić information content (AvgIpc) is 2.68. The lowest BCUT2D eigenvalue weighted by Crippen LogP contribution is -2.05. The lowest BCUT2D eigenvalue weighted by Gasteiger charge is -2.13. The quantitative estimate of drug-likeness (QED) is 0.886. The van der Waals surface area contributed by atoms with E-state index < -0.39 is 5.91 Å². The van der Waals surface area contributed by atoms with E-state index in [4.69, 9.17) is 15.2 Å². The first-order valence-corrected chi connectivity index (χ1v) is 7.63. The molecule has 1 amide bonds. The molecule has 1 aromatic heterocycles. The van der Waals surface area contributed by atoms with E-state index in [0.29, 0.717) is 13.2 Å². The second-order valence-electron chi connectivity index (χ2n) is 5.58. The molecular weight excluding hydrogens is 292 g/mol. The molecule has 0 saturated heterocycles. The Morgan fingerprint density at radius 3 is 2.65 bits per heavy atom. The largest absolute Gasteiger partial charge is 0.490 e. The number of carbonyl (C=O) groups excluding carboxylic acids is 1. The number of hydrogen-bond donors (Lipinski definition) is 1. The van der Waals surface area contributed by atoms with E-state index in [0.717, 1.165) is 40.6 Å². The normalized spacial score (nSPS) is 14.0. The third kappa shape index (κ3) is 3.08. The summed E-state index contributed by atoms with van der Waals surface area (Å²) in [5.74, 6) is 1.09. The average molecular weight is 312 g/mol. The van der Waals surface area contributed by atoms with Crippen molar-refractivity contribution < 1.29 is 14.3 Å². The maximum atomic E-state index is 10.9. The van der Waals surface area contributed by atoms with Gasteiger partial charge >= 0.3 is 0 Å². The Balaban J connectivity index is 2.02. The zero-order valence-electron chi connectivity index (χ0n) is 13.3. The molecule has 1 aromatic carbocycles. The highest BCUT2D eigenvalue weighted by Gasteiger charge is 2.14. The number of aryl methyl sites for hydroxylation is 1. The molecule has 0 atom stereocenters. The molecule has 2 N–H and O–H groups in total. The number of carbonyl (C=O) groups is 1. The Hall–Kier alpha value is -2.69. The van der Waals surface area contributed by atoms with Gasteiger partial charge in [0, 0.05) is 35.6 Å². The van der Waals surface area contributed by atoms with Crippen molar-refractivity contribution in [1.82, 2.24) is 4.57 Å². The Kier molecular flexibility index (Phi) is 4.10. The lowest BCUT2D eigenvalue weighted by molar-refractivity contribution is -0.113. The predicted molar refractivity (Wildman–Crippen MR) is 89.1 cm³/mol. The van der Waals surface area contributed by atoms with Crippen molar-refractivity contribution in [3.63, 3.8) is 0 Å². The van der Waals surface area contributed by atoms with Crippen LogP contribution in [0.3, 0.4) is 0 Å². The second kappa shape index (κ2) is 6.20. The minimum atomic E-state index is -0.453. The van der Waals surface area contributed by atoms with E-state index in [2.05, 4.69) is 4.57 Å². The van der Waals surface area contributed by atoms with Crippen molar-refractivity contribution in [2.75, 3.05) is 13.2 Å². The van der Waals surface area contributed by atoms with Crippen LogP contribution in [0.2, 0.25) is 0 Å². The summed E-state index contributed by atoms with van der Waals surface area (Å²) < 4.78 is 13.6. The maximum absolute atomic E-state index is 10.9. The Bertz CT molecular complexity index is 775. The molecule has 5 nitrogen and oxygen atoms in total. The molecule has 3 rings (SSSR count). The highest BCUT2D eigenvalue weighted by Crippen LogP contribution is 2.33. The SMILES string of the molecule is Cc1cc(/C=C/C(N)=O)c(C)n1-c1ccc2c(c1)OCCCO2. The maximum Gasteiger partial charge on any atom is 0.241 e. The van der Waals surface area contributed by atoms with Crippen LogP contribution in [0.5, 0.6) is 11.5 Å². The number of rotatable bonds is 3. The van der Waals surface area contributed by atoms with E-state index in [1.165, 1.54) is 6.08 Å². The van der Waals surface area contributed by atoms with Crippen LogP contribution in [0.4, 0.5) is 0 Å². The fourth-order valence-electron chi connectivity index (χ4n) is 2.82. The van der Waals surface area contributed by atoms with E-state index >= 15 is 0 Å². The summed E-state index contributed by atoms with van der Waals surface area (Å²) in [4.78, 5) is 10.9. The molecule has 0 aliphatic carbocycles. The number of ether oxygens (including phenoxy) is 2. The van der Waals surface area contributed by atoms with Gasteiger partial charge in [-0.3, -0.25) is 4.79 Å². The van der Waals surface area contributed by atoms with Crippen LogP contribution in [0.1, 0.15) is 23.4 Å². The highest BCUT2D eigenvalue weighted by molar-refractivity contribution is 5.90. The first kappa shape index (κ1) is 15.2. The zero-order chi connectivity index (χ0) is 16.4. The van der Waals surface area contributed by atoms with Gasteiger partial charge in [-0.2, -0.15) is 0 Å². The number of primary amides is 1. The molecule has 23 heavy (non-hydrogen) atoms. The molecule has 2 aromatic rings. The van der Waals surface area contributed by atoms with Crippen molar-refractivity contribution in [2.45, 2.75) is 20.3 Å². The summed E-state index contributed by atoms with van der Waals surface area (Å²) in [7, 11) is 0. The van der Waals surface area contributed by atoms with Crippen LogP contribution >= 0.6 is 0 Å². The van der Waals surface area contributed by atoms with Gasteiger partial charge < -0.3 is 19.8 Å². The molecule has 0 spiro atoms. The Morgan fingerprint density at radius 1 is 1.17 bits per heavy atom. The van der Waals surface area contributed by atoms with Gasteiger partial charge in [0.25, 0.3) is 0 Å². The van der Waals surface area contributed by atoms with Gasteiger partial charge in [-0.25, -0.2) is 0 Å². The summed E-state index contributed by atoms with van der Waals surface area (Å²) >= 11 is 0. The molecule has 2 heterocycles. The van der Waals surface area contributed by atoms with Gasteiger partial charge in [0.15, 0.2) is 11.5 Å². The molecular formula is C18H20N2O3. The van der Waals surface area contributed by atoms with E-state index in [9.17, 15) is 4.79 Å². The van der Waals surface area contributed by atoms with E-state index in [-0.39, 0.29) is 0 Å². The van der Waals surface area contributed by atoms with Gasteiger partial charge in [-0.1, -0.05) is 0 Å². The molecule has 5 heteroatoms. The van der Waals surface area contributed by atoms with E-state index in [1.807, 2.05) is 38.1 Å². The molecule has 0 saturated carbocycles. The minimum Gasteiger partial charge on any atom is -0.490 e. The molecule has 0 radical (unpaired) electrons. The molecule has 0 fully saturated rings. The van der Waals surface area contributed by atoms with Crippen molar-refractivity contribution in [3.05, 3.63) is 47.3 Å². The Labute approximate surface area is 135 Å². The monoisotopic (exact) mass is 312 g/mol. The van der Waals surface area contributed by atoms with Crippen LogP contribution in [0, 0.1) is 13.8 Å². The van der Waals surface area contributed by atoms with Gasteiger partial charge in [0.1, 0.15) is 0 Å². The number of fused-ring (bicyclic) bond motifs is 1. The summed E-state index contributed by atoms with van der Waals surface area (Å²) in [6, 6.07) is 7.96. The number of hydrogen-bond acceptors (Lipinski definition) is 3. The van der Waals surface area contributed by atoms with Crippen molar-refractivity contribution in [1.29, 1.82) is 0 Å². The zero-order valence-corrected chi connectivity index (χ0v) is 13.3. The highest BCUT2D eigenvalue weighted by atomic mass is 16.5. The van der Waals surface area contributed by atoms with Crippen molar-refractivity contribution in [2.24, 2.45) is 5.73 Å². The number of amides is 1. The van der Waals surface area contributed by atoms with Crippen LogP contribution in [0.15, 0.2) is 30.3 Å². The third-order valence-electron chi connectivity index (χ3n) is 3.89. The third-order valence-corrected chi connectivity index (χ3v) is 3.89. The van der Waals surface area contributed by atoms with Crippen molar-refractivity contribution in [3.8, 4) is 17.2 Å². The van der Waals surface area contributed by atoms with Crippen LogP contribution in [0.25, 0.3) is 11.8 Å². The summed E-state index contributed by atoms with van der Waals surface area (Å²) in [5.41, 5.74) is 9.25. The van der Waals surface area contributed by atoms with Crippen LogP contribution in [-0.2, 0) is 4.79 Å². The van der Waals surface area contributed by atoms with Crippen molar-refractivity contribution >= 4 is 12.0 Å². The molecule has 120 valence electrons. The first-order valence-electron chi connectivity index (χ1n) is 7.63. The second-order valence-corrected chi connectivity index (χ2v) is 5.58. The van der Waals surface area contributed by atoms with Gasteiger partial charge in [-0.15, -0.1) is 0 Å². The van der Waals surface area contributed by atoms with Gasteiger partial charge in [0.2, 0.25) is 5.91 Å². The molecule has 1 aliphatic rings. The number of nitrogens with zero attached hydrogens (tertiary/aromatic N) is 1. The summed E-state index contributed by atoms with van der Waals surface area (Å²) in [6.45, 7) is 5.37. The first-order chi connectivity index (χ1) is 11.1. The Morgan fingerprint density at radius 2 is 1.91 bits per heavy atom. The minimum absolute atomic E-state index is 0.453. The van der Waals surface area contributed by atoms with Crippen LogP contribution < -0.4 is 15.2 Å². The fraction of sp³-hybridized carbons (Fsp3) is 0.278. The van der Waals surface area contributed by atoms with Gasteiger partial charge in [0.05, 0.1) is 13.2 Å². The van der Waals surface area contributed by atoms with Gasteiger partial charge in [-0.05, 0) is 43.7 Å². The number of aromatic nitrogens is 1. The predicted octanol–water partition coefficient (Wildman–Crippen LogP) is 2.75. The molecule has 1 aliphatic heterocycles. The lowest BCUT2D eigenvalue weighted by atomic mass is 10.2. The molecule has 0 bridgehead atoms. The molecule has 0 unspecified atom stereocenters.